The van der Waals surface area contributed by atoms with Gasteiger partial charge in [0.05, 0.1) is 13.2 Å². The van der Waals surface area contributed by atoms with Crippen molar-refractivity contribution in [3.63, 3.8) is 0 Å². The summed E-state index contributed by atoms with van der Waals surface area (Å²) in [6, 6.07) is 0. The lowest BCUT2D eigenvalue weighted by molar-refractivity contribution is -0.161. The number of hydrogen-bond acceptors (Lipinski definition) is 8. The van der Waals surface area contributed by atoms with E-state index in [-0.39, 0.29) is 32.6 Å². The molecule has 0 amide bonds. The quantitative estimate of drug-likeness (QED) is 0.0207. The third kappa shape index (κ3) is 40.4. The molecule has 0 bridgehead atoms. The smallest absolute Gasteiger partial charge is 0.462 e. The standard InChI is InChI=1S/C45H74NO8P/c1-3-5-7-9-11-13-15-17-18-19-20-21-22-23-24-26-27-29-31-33-35-37-44(47)51-41-43(42-53-55(49,50)52-40-39-46)54-45(48)38-36-34-32-30-28-25-16-14-12-10-8-6-4-2/h5-8,10-14,16-18,25,28,30,32,43H,3-4,9,15,19-24,26-27,29,31,33-42,46H2,1-2H3,(H,49,50)/b7-5+,8-6+,12-10+,13-11+,16-14+,18-17+,28-25+,32-30+. The molecule has 9 nitrogen and oxygen atoms in total. The molecule has 0 rings (SSSR count). The van der Waals surface area contributed by atoms with Gasteiger partial charge in [-0.1, -0.05) is 169 Å². The number of phosphoric acid groups is 1. The number of rotatable bonds is 37. The molecule has 2 atom stereocenters. The highest BCUT2D eigenvalue weighted by Crippen LogP contribution is 2.43. The Hall–Kier alpha value is -3.07. The lowest BCUT2D eigenvalue weighted by Crippen LogP contribution is -2.29. The maximum atomic E-state index is 12.5. The van der Waals surface area contributed by atoms with Crippen molar-refractivity contribution < 1.29 is 37.6 Å². The van der Waals surface area contributed by atoms with Crippen LogP contribution < -0.4 is 5.73 Å². The van der Waals surface area contributed by atoms with Crippen LogP contribution in [0.25, 0.3) is 0 Å². The Kier molecular flexibility index (Phi) is 38.3. The van der Waals surface area contributed by atoms with Gasteiger partial charge in [-0.25, -0.2) is 4.57 Å². The summed E-state index contributed by atoms with van der Waals surface area (Å²) in [6.07, 6.45) is 51.7. The molecule has 0 aliphatic heterocycles. The van der Waals surface area contributed by atoms with Crippen LogP contribution in [0.3, 0.4) is 0 Å². The molecule has 0 spiro atoms. The van der Waals surface area contributed by atoms with Gasteiger partial charge < -0.3 is 20.1 Å². The molecule has 0 radical (unpaired) electrons. The van der Waals surface area contributed by atoms with Crippen LogP contribution in [0.4, 0.5) is 0 Å². The molecule has 0 aromatic carbocycles. The minimum absolute atomic E-state index is 0.0363. The largest absolute Gasteiger partial charge is 0.472 e. The number of ether oxygens (including phenoxy) is 2. The van der Waals surface area contributed by atoms with Gasteiger partial charge in [0.1, 0.15) is 6.61 Å². The van der Waals surface area contributed by atoms with Crippen LogP contribution in [0.15, 0.2) is 97.2 Å². The van der Waals surface area contributed by atoms with E-state index in [0.717, 1.165) is 44.9 Å². The number of unbranched alkanes of at least 4 members (excludes halogenated alkanes) is 12. The van der Waals surface area contributed by atoms with Crippen LogP contribution in [0, 0.1) is 0 Å². The molecule has 312 valence electrons. The summed E-state index contributed by atoms with van der Waals surface area (Å²) in [5.74, 6) is -0.929. The summed E-state index contributed by atoms with van der Waals surface area (Å²) in [4.78, 5) is 34.8. The number of nitrogens with two attached hydrogens (primary N) is 1. The first kappa shape index (κ1) is 51.9. The number of hydrogen-bond donors (Lipinski definition) is 2. The van der Waals surface area contributed by atoms with Crippen LogP contribution in [0.1, 0.15) is 142 Å². The van der Waals surface area contributed by atoms with Crippen LogP contribution >= 0.6 is 7.82 Å². The predicted octanol–water partition coefficient (Wildman–Crippen LogP) is 11.8. The molecular weight excluding hydrogens is 713 g/mol. The average Bonchev–Trinajstić information content (AvgIpc) is 3.17. The molecule has 0 aliphatic rings. The third-order valence-electron chi connectivity index (χ3n) is 8.09. The van der Waals surface area contributed by atoms with Crippen LogP contribution in [-0.2, 0) is 32.7 Å². The first-order valence-electron chi connectivity index (χ1n) is 20.8. The molecule has 0 aromatic rings. The van der Waals surface area contributed by atoms with Crippen molar-refractivity contribution in [2.75, 3.05) is 26.4 Å². The van der Waals surface area contributed by atoms with E-state index in [4.69, 9.17) is 24.3 Å². The van der Waals surface area contributed by atoms with Crippen molar-refractivity contribution in [3.05, 3.63) is 97.2 Å². The molecule has 0 saturated heterocycles. The summed E-state index contributed by atoms with van der Waals surface area (Å²) >= 11 is 0. The van der Waals surface area contributed by atoms with E-state index < -0.39 is 32.5 Å². The van der Waals surface area contributed by atoms with E-state index in [1.165, 1.54) is 51.4 Å². The van der Waals surface area contributed by atoms with Gasteiger partial charge in [-0.15, -0.1) is 0 Å². The molecule has 0 fully saturated rings. The zero-order valence-electron chi connectivity index (χ0n) is 34.1. The normalized spacial score (nSPS) is 14.3. The van der Waals surface area contributed by atoms with Crippen LogP contribution in [0.5, 0.6) is 0 Å². The van der Waals surface area contributed by atoms with Crippen LogP contribution in [0.2, 0.25) is 0 Å². The van der Waals surface area contributed by atoms with E-state index in [9.17, 15) is 19.0 Å². The lowest BCUT2D eigenvalue weighted by Gasteiger charge is -2.19. The Morgan fingerprint density at radius 1 is 0.564 bits per heavy atom. The summed E-state index contributed by atoms with van der Waals surface area (Å²) in [7, 11) is -4.40. The Labute approximate surface area is 334 Å². The number of esters is 2. The number of carbonyl (C=O) groups is 2. The molecule has 0 aliphatic carbocycles. The van der Waals surface area contributed by atoms with Crippen molar-refractivity contribution >= 4 is 19.8 Å². The average molecular weight is 788 g/mol. The van der Waals surface area contributed by atoms with Crippen LogP contribution in [-0.4, -0.2) is 49.3 Å². The second kappa shape index (κ2) is 40.6. The van der Waals surface area contributed by atoms with Crippen molar-refractivity contribution in [2.24, 2.45) is 5.73 Å². The van der Waals surface area contributed by atoms with Gasteiger partial charge in [0, 0.05) is 19.4 Å². The molecular formula is C45H74NO8P. The molecule has 3 N–H and O–H groups in total. The minimum Gasteiger partial charge on any atom is -0.462 e. The first-order valence-corrected chi connectivity index (χ1v) is 22.3. The highest BCUT2D eigenvalue weighted by Gasteiger charge is 2.25. The predicted molar refractivity (Wildman–Crippen MR) is 228 cm³/mol. The minimum atomic E-state index is -4.40. The number of allylic oxidation sites excluding steroid dienone is 16. The zero-order chi connectivity index (χ0) is 40.3. The lowest BCUT2D eigenvalue weighted by atomic mass is 10.0. The maximum Gasteiger partial charge on any atom is 0.472 e. The summed E-state index contributed by atoms with van der Waals surface area (Å²) in [6.45, 7) is 3.36. The summed E-state index contributed by atoms with van der Waals surface area (Å²) < 4.78 is 32.6. The molecule has 55 heavy (non-hydrogen) atoms. The van der Waals surface area contributed by atoms with Gasteiger partial charge in [0.2, 0.25) is 0 Å². The Bertz CT molecular complexity index is 1220. The van der Waals surface area contributed by atoms with E-state index in [1.807, 2.05) is 54.7 Å². The molecule has 0 aromatic heterocycles. The first-order chi connectivity index (χ1) is 26.8. The zero-order valence-corrected chi connectivity index (χ0v) is 35.0. The van der Waals surface area contributed by atoms with Gasteiger partial charge in [-0.05, 0) is 57.8 Å². The number of phosphoric ester groups is 1. The molecule has 0 heterocycles. The Balaban J connectivity index is 4.21. The highest BCUT2D eigenvalue weighted by atomic mass is 31.2. The van der Waals surface area contributed by atoms with E-state index in [2.05, 4.69) is 56.4 Å². The van der Waals surface area contributed by atoms with Crippen molar-refractivity contribution in [3.8, 4) is 0 Å². The summed E-state index contributed by atoms with van der Waals surface area (Å²) in [5, 5.41) is 0. The highest BCUT2D eigenvalue weighted by molar-refractivity contribution is 7.47. The maximum absolute atomic E-state index is 12.5. The van der Waals surface area contributed by atoms with E-state index in [0.29, 0.717) is 19.3 Å². The second-order valence-electron chi connectivity index (χ2n) is 13.2. The van der Waals surface area contributed by atoms with Gasteiger partial charge in [-0.2, -0.15) is 0 Å². The van der Waals surface area contributed by atoms with E-state index >= 15 is 0 Å². The third-order valence-corrected chi connectivity index (χ3v) is 9.08. The molecule has 0 saturated carbocycles. The van der Waals surface area contributed by atoms with E-state index in [1.54, 1.807) is 0 Å². The van der Waals surface area contributed by atoms with Gasteiger partial charge >= 0.3 is 19.8 Å². The van der Waals surface area contributed by atoms with Crippen molar-refractivity contribution in [1.82, 2.24) is 0 Å². The topological polar surface area (TPSA) is 134 Å². The SMILES string of the molecule is CC/C=C/C=C/C=C/C=C/C=C/CCCC(=O)OC(COC(=O)CCCCCCCCCCCCC/C=C/C/C=C/C/C=C/CC)COP(=O)(O)OCCN. The molecule has 10 heteroatoms. The fraction of sp³-hybridized carbons (Fsp3) is 0.600. The second-order valence-corrected chi connectivity index (χ2v) is 14.7. The Morgan fingerprint density at radius 2 is 1.05 bits per heavy atom. The number of carbonyl (C=O) groups excluding carboxylic acids is 2. The van der Waals surface area contributed by atoms with Gasteiger partial charge in [-0.3, -0.25) is 18.6 Å². The molecule has 2 unspecified atom stereocenters. The van der Waals surface area contributed by atoms with Gasteiger partial charge in [0.15, 0.2) is 6.10 Å². The Morgan fingerprint density at radius 3 is 1.65 bits per heavy atom. The van der Waals surface area contributed by atoms with Crippen molar-refractivity contribution in [2.45, 2.75) is 148 Å². The van der Waals surface area contributed by atoms with Crippen molar-refractivity contribution in [1.29, 1.82) is 0 Å². The van der Waals surface area contributed by atoms with Gasteiger partial charge in [0.25, 0.3) is 0 Å². The monoisotopic (exact) mass is 788 g/mol. The fourth-order valence-corrected chi connectivity index (χ4v) is 5.85. The fourth-order valence-electron chi connectivity index (χ4n) is 5.09. The summed E-state index contributed by atoms with van der Waals surface area (Å²) in [5.41, 5.74) is 5.33.